The maximum Gasteiger partial charge on any atom is 0.231 e. The van der Waals surface area contributed by atoms with Gasteiger partial charge in [0.15, 0.2) is 0 Å². The number of amides is 1. The van der Waals surface area contributed by atoms with Gasteiger partial charge in [-0.2, -0.15) is 11.3 Å². The van der Waals surface area contributed by atoms with E-state index in [-0.39, 0.29) is 5.91 Å². The Morgan fingerprint density at radius 2 is 2.30 bits per heavy atom. The number of halogens is 1. The van der Waals surface area contributed by atoms with E-state index in [1.807, 2.05) is 34.1 Å². The van der Waals surface area contributed by atoms with Crippen molar-refractivity contribution < 1.29 is 4.79 Å². The SMILES string of the molecule is O=C(Cc1cscc1Br)N1CCCCc2ccncc21. The van der Waals surface area contributed by atoms with Crippen LogP contribution >= 0.6 is 27.3 Å². The third kappa shape index (κ3) is 2.79. The molecule has 2 aromatic heterocycles. The molecule has 5 heteroatoms. The first-order valence-corrected chi connectivity index (χ1v) is 8.43. The van der Waals surface area contributed by atoms with Crippen LogP contribution in [0, 0.1) is 0 Å². The Morgan fingerprint density at radius 1 is 1.40 bits per heavy atom. The molecule has 0 saturated carbocycles. The Bertz CT molecular complexity index is 626. The third-order valence-electron chi connectivity index (χ3n) is 3.59. The molecule has 104 valence electrons. The Labute approximate surface area is 130 Å². The van der Waals surface area contributed by atoms with E-state index in [2.05, 4.69) is 20.9 Å². The lowest BCUT2D eigenvalue weighted by atomic mass is 10.1. The van der Waals surface area contributed by atoms with Gasteiger partial charge in [-0.1, -0.05) is 0 Å². The van der Waals surface area contributed by atoms with Gasteiger partial charge >= 0.3 is 0 Å². The number of aryl methyl sites for hydroxylation is 1. The molecule has 0 unspecified atom stereocenters. The molecule has 0 aliphatic carbocycles. The predicted molar refractivity (Wildman–Crippen MR) is 85.3 cm³/mol. The van der Waals surface area contributed by atoms with Crippen LogP contribution in [0.3, 0.4) is 0 Å². The summed E-state index contributed by atoms with van der Waals surface area (Å²) in [6.45, 7) is 0.791. The summed E-state index contributed by atoms with van der Waals surface area (Å²) >= 11 is 5.11. The zero-order valence-electron chi connectivity index (χ0n) is 11.0. The molecule has 1 amide bonds. The second-order valence-corrected chi connectivity index (χ2v) is 6.53. The van der Waals surface area contributed by atoms with Gasteiger partial charge in [-0.3, -0.25) is 9.78 Å². The van der Waals surface area contributed by atoms with Gasteiger partial charge in [0, 0.05) is 22.6 Å². The van der Waals surface area contributed by atoms with Crippen LogP contribution in [0.1, 0.15) is 24.0 Å². The van der Waals surface area contributed by atoms with E-state index >= 15 is 0 Å². The van der Waals surface area contributed by atoms with E-state index in [4.69, 9.17) is 0 Å². The molecular weight excluding hydrogens is 336 g/mol. The van der Waals surface area contributed by atoms with Gasteiger partial charge in [0.25, 0.3) is 0 Å². The van der Waals surface area contributed by atoms with Crippen LogP contribution in [0.4, 0.5) is 5.69 Å². The van der Waals surface area contributed by atoms with Crippen molar-refractivity contribution in [2.45, 2.75) is 25.7 Å². The number of rotatable bonds is 2. The summed E-state index contributed by atoms with van der Waals surface area (Å²) in [7, 11) is 0. The molecule has 3 nitrogen and oxygen atoms in total. The lowest BCUT2D eigenvalue weighted by Crippen LogP contribution is -2.33. The highest BCUT2D eigenvalue weighted by molar-refractivity contribution is 9.10. The molecule has 3 heterocycles. The van der Waals surface area contributed by atoms with Gasteiger partial charge in [0.2, 0.25) is 5.91 Å². The number of hydrogen-bond acceptors (Lipinski definition) is 3. The van der Waals surface area contributed by atoms with Crippen LogP contribution < -0.4 is 4.90 Å². The van der Waals surface area contributed by atoms with Crippen LogP contribution in [0.15, 0.2) is 33.7 Å². The number of carbonyl (C=O) groups is 1. The van der Waals surface area contributed by atoms with Gasteiger partial charge in [0.05, 0.1) is 18.3 Å². The van der Waals surface area contributed by atoms with Crippen molar-refractivity contribution in [3.63, 3.8) is 0 Å². The van der Waals surface area contributed by atoms with Crippen LogP contribution in [-0.4, -0.2) is 17.4 Å². The maximum atomic E-state index is 12.6. The number of thiophene rings is 1. The van der Waals surface area contributed by atoms with E-state index in [0.717, 1.165) is 41.5 Å². The lowest BCUT2D eigenvalue weighted by molar-refractivity contribution is -0.118. The fourth-order valence-corrected chi connectivity index (χ4v) is 3.97. The summed E-state index contributed by atoms with van der Waals surface area (Å²) in [5.74, 6) is 0.153. The average Bonchev–Trinajstić information content (AvgIpc) is 2.75. The molecule has 0 fully saturated rings. The van der Waals surface area contributed by atoms with Crippen LogP contribution in [-0.2, 0) is 17.6 Å². The molecule has 2 aromatic rings. The lowest BCUT2D eigenvalue weighted by Gasteiger charge is -2.22. The quantitative estimate of drug-likeness (QED) is 0.824. The molecular formula is C15H15BrN2OS. The smallest absolute Gasteiger partial charge is 0.231 e. The molecule has 1 aliphatic rings. The van der Waals surface area contributed by atoms with E-state index in [1.165, 1.54) is 5.56 Å². The summed E-state index contributed by atoms with van der Waals surface area (Å²) in [6.07, 6.45) is 7.28. The summed E-state index contributed by atoms with van der Waals surface area (Å²) in [6, 6.07) is 2.03. The Hall–Kier alpha value is -1.20. The molecule has 3 rings (SSSR count). The van der Waals surface area contributed by atoms with E-state index in [9.17, 15) is 4.79 Å². The summed E-state index contributed by atoms with van der Waals surface area (Å²) in [4.78, 5) is 18.7. The van der Waals surface area contributed by atoms with E-state index in [0.29, 0.717) is 6.42 Å². The van der Waals surface area contributed by atoms with Crippen molar-refractivity contribution in [1.29, 1.82) is 0 Å². The molecule has 0 atom stereocenters. The number of carbonyl (C=O) groups excluding carboxylic acids is 1. The molecule has 0 radical (unpaired) electrons. The number of aromatic nitrogens is 1. The molecule has 0 aromatic carbocycles. The Kier molecular flexibility index (Phi) is 4.17. The Balaban J connectivity index is 1.86. The molecule has 0 saturated heterocycles. The van der Waals surface area contributed by atoms with Crippen LogP contribution in [0.5, 0.6) is 0 Å². The summed E-state index contributed by atoms with van der Waals surface area (Å²) < 4.78 is 1.03. The fourth-order valence-electron chi connectivity index (χ4n) is 2.53. The highest BCUT2D eigenvalue weighted by Crippen LogP contribution is 2.27. The minimum Gasteiger partial charge on any atom is -0.310 e. The highest BCUT2D eigenvalue weighted by Gasteiger charge is 2.22. The van der Waals surface area contributed by atoms with Crippen molar-refractivity contribution in [1.82, 2.24) is 4.98 Å². The third-order valence-corrected chi connectivity index (χ3v) is 5.42. The van der Waals surface area contributed by atoms with E-state index < -0.39 is 0 Å². The first-order valence-electron chi connectivity index (χ1n) is 6.69. The minimum atomic E-state index is 0.153. The maximum absolute atomic E-state index is 12.6. The minimum absolute atomic E-state index is 0.153. The van der Waals surface area contributed by atoms with Crippen molar-refractivity contribution in [3.8, 4) is 0 Å². The zero-order valence-corrected chi connectivity index (χ0v) is 13.4. The summed E-state index contributed by atoms with van der Waals surface area (Å²) in [5.41, 5.74) is 3.28. The number of nitrogens with zero attached hydrogens (tertiary/aromatic N) is 2. The monoisotopic (exact) mass is 350 g/mol. The van der Waals surface area contributed by atoms with Gasteiger partial charge in [-0.15, -0.1) is 0 Å². The predicted octanol–water partition coefficient (Wildman–Crippen LogP) is 3.82. The number of pyridine rings is 1. The normalized spacial score (nSPS) is 14.8. The average molecular weight is 351 g/mol. The topological polar surface area (TPSA) is 33.2 Å². The van der Waals surface area contributed by atoms with Gasteiger partial charge in [-0.05, 0) is 57.8 Å². The molecule has 0 N–H and O–H groups in total. The first kappa shape index (κ1) is 13.8. The van der Waals surface area contributed by atoms with Crippen molar-refractivity contribution >= 4 is 38.9 Å². The summed E-state index contributed by atoms with van der Waals surface area (Å²) in [5, 5.41) is 4.05. The number of anilines is 1. The Morgan fingerprint density at radius 3 is 3.10 bits per heavy atom. The number of hydrogen-bond donors (Lipinski definition) is 0. The van der Waals surface area contributed by atoms with Crippen molar-refractivity contribution in [2.24, 2.45) is 0 Å². The van der Waals surface area contributed by atoms with Crippen LogP contribution in [0.2, 0.25) is 0 Å². The van der Waals surface area contributed by atoms with Gasteiger partial charge < -0.3 is 4.90 Å². The molecule has 20 heavy (non-hydrogen) atoms. The number of fused-ring (bicyclic) bond motifs is 1. The van der Waals surface area contributed by atoms with E-state index in [1.54, 1.807) is 11.3 Å². The second-order valence-electron chi connectivity index (χ2n) is 4.93. The van der Waals surface area contributed by atoms with Crippen LogP contribution in [0.25, 0.3) is 0 Å². The van der Waals surface area contributed by atoms with Gasteiger partial charge in [-0.25, -0.2) is 0 Å². The molecule has 0 spiro atoms. The molecule has 0 bridgehead atoms. The zero-order chi connectivity index (χ0) is 13.9. The molecule has 1 aliphatic heterocycles. The van der Waals surface area contributed by atoms with Crippen molar-refractivity contribution in [3.05, 3.63) is 44.8 Å². The second kappa shape index (κ2) is 6.06. The van der Waals surface area contributed by atoms with Gasteiger partial charge in [0.1, 0.15) is 0 Å². The largest absolute Gasteiger partial charge is 0.310 e. The fraction of sp³-hybridized carbons (Fsp3) is 0.333. The highest BCUT2D eigenvalue weighted by atomic mass is 79.9. The van der Waals surface area contributed by atoms with Crippen molar-refractivity contribution in [2.75, 3.05) is 11.4 Å². The standard InChI is InChI=1S/C15H15BrN2OS/c16-13-10-20-9-12(13)7-15(19)18-6-2-1-3-11-4-5-17-8-14(11)18/h4-5,8-10H,1-3,6-7H2. The first-order chi connectivity index (χ1) is 9.75.